The SMILES string of the molecule is CC1CN(S(=O)(=O)N2CCCCC2CNC(=O)CCN)CC(C)O1.Cl. The fourth-order valence-electron chi connectivity index (χ4n) is 3.40. The van der Waals surface area contributed by atoms with Gasteiger partial charge in [-0.15, -0.1) is 12.4 Å². The average molecular weight is 399 g/mol. The van der Waals surface area contributed by atoms with E-state index in [1.54, 1.807) is 4.31 Å². The minimum absolute atomic E-state index is 0. The van der Waals surface area contributed by atoms with Crippen molar-refractivity contribution in [3.8, 4) is 0 Å². The molecule has 3 atom stereocenters. The van der Waals surface area contributed by atoms with Crippen molar-refractivity contribution < 1.29 is 17.9 Å². The van der Waals surface area contributed by atoms with E-state index in [1.165, 1.54) is 4.31 Å². The van der Waals surface area contributed by atoms with Gasteiger partial charge in [0.05, 0.1) is 12.2 Å². The summed E-state index contributed by atoms with van der Waals surface area (Å²) in [6.45, 7) is 5.65. The summed E-state index contributed by atoms with van der Waals surface area (Å²) in [5.41, 5.74) is 5.37. The van der Waals surface area contributed by atoms with Crippen LogP contribution >= 0.6 is 12.4 Å². The smallest absolute Gasteiger partial charge is 0.282 e. The Hall–Kier alpha value is -0.450. The van der Waals surface area contributed by atoms with Gasteiger partial charge in [0.1, 0.15) is 0 Å². The van der Waals surface area contributed by atoms with Crippen LogP contribution in [0.25, 0.3) is 0 Å². The van der Waals surface area contributed by atoms with Crippen LogP contribution in [0.4, 0.5) is 0 Å². The lowest BCUT2D eigenvalue weighted by atomic mass is 10.1. The first-order valence-electron chi connectivity index (χ1n) is 8.73. The summed E-state index contributed by atoms with van der Waals surface area (Å²) in [6, 6.07) is -0.195. The normalized spacial score (nSPS) is 29.0. The number of rotatable bonds is 6. The molecule has 0 aromatic heterocycles. The monoisotopic (exact) mass is 398 g/mol. The summed E-state index contributed by atoms with van der Waals surface area (Å²) in [5.74, 6) is -0.131. The molecule has 2 heterocycles. The molecule has 1 amide bonds. The van der Waals surface area contributed by atoms with Gasteiger partial charge in [-0.05, 0) is 26.7 Å². The van der Waals surface area contributed by atoms with Crippen LogP contribution in [-0.2, 0) is 19.7 Å². The van der Waals surface area contributed by atoms with Gasteiger partial charge in [0, 0.05) is 45.2 Å². The number of halogens is 1. The molecule has 0 bridgehead atoms. The minimum Gasteiger partial charge on any atom is -0.373 e. The van der Waals surface area contributed by atoms with E-state index in [9.17, 15) is 13.2 Å². The van der Waals surface area contributed by atoms with Crippen LogP contribution in [0.15, 0.2) is 0 Å². The lowest BCUT2D eigenvalue weighted by molar-refractivity contribution is -0.121. The summed E-state index contributed by atoms with van der Waals surface area (Å²) in [5, 5.41) is 2.81. The van der Waals surface area contributed by atoms with Crippen LogP contribution in [0.1, 0.15) is 39.5 Å². The van der Waals surface area contributed by atoms with Crippen molar-refractivity contribution in [3.05, 3.63) is 0 Å². The van der Waals surface area contributed by atoms with E-state index in [4.69, 9.17) is 10.5 Å². The Morgan fingerprint density at radius 2 is 1.88 bits per heavy atom. The Balaban J connectivity index is 0.00000312. The third-order valence-corrected chi connectivity index (χ3v) is 6.51. The zero-order valence-corrected chi connectivity index (χ0v) is 16.7. The number of piperidine rings is 1. The molecule has 2 fully saturated rings. The summed E-state index contributed by atoms with van der Waals surface area (Å²) < 4.78 is 34.9. The number of hydrogen-bond donors (Lipinski definition) is 2. The molecule has 2 rings (SSSR count). The number of carbonyl (C=O) groups is 1. The molecular formula is C15H31ClN4O4S. The van der Waals surface area contributed by atoms with Crippen molar-refractivity contribution in [2.24, 2.45) is 5.73 Å². The molecule has 25 heavy (non-hydrogen) atoms. The van der Waals surface area contributed by atoms with Gasteiger partial charge >= 0.3 is 0 Å². The lowest BCUT2D eigenvalue weighted by Gasteiger charge is -2.41. The predicted molar refractivity (Wildman–Crippen MR) is 98.8 cm³/mol. The zero-order valence-electron chi connectivity index (χ0n) is 15.0. The highest BCUT2D eigenvalue weighted by atomic mass is 35.5. The molecule has 0 spiro atoms. The summed E-state index contributed by atoms with van der Waals surface area (Å²) in [4.78, 5) is 11.6. The number of hydrogen-bond acceptors (Lipinski definition) is 5. The van der Waals surface area contributed by atoms with E-state index in [1.807, 2.05) is 13.8 Å². The van der Waals surface area contributed by atoms with E-state index in [0.717, 1.165) is 19.3 Å². The Bertz CT molecular complexity index is 524. The van der Waals surface area contributed by atoms with E-state index in [-0.39, 0.29) is 43.0 Å². The highest BCUT2D eigenvalue weighted by Gasteiger charge is 2.39. The van der Waals surface area contributed by atoms with Gasteiger partial charge in [-0.25, -0.2) is 0 Å². The molecule has 0 aromatic rings. The number of amides is 1. The van der Waals surface area contributed by atoms with E-state index in [2.05, 4.69) is 5.32 Å². The summed E-state index contributed by atoms with van der Waals surface area (Å²) in [7, 11) is -3.55. The molecule has 10 heteroatoms. The van der Waals surface area contributed by atoms with Crippen LogP contribution < -0.4 is 11.1 Å². The van der Waals surface area contributed by atoms with Crippen molar-refractivity contribution in [2.75, 3.05) is 32.7 Å². The van der Waals surface area contributed by atoms with Gasteiger partial charge in [0.25, 0.3) is 10.2 Å². The van der Waals surface area contributed by atoms with Crippen molar-refractivity contribution in [3.63, 3.8) is 0 Å². The molecule has 0 saturated carbocycles. The number of carbonyl (C=O) groups excluding carboxylic acids is 1. The summed E-state index contributed by atoms with van der Waals surface area (Å²) >= 11 is 0. The fraction of sp³-hybridized carbons (Fsp3) is 0.933. The first-order valence-corrected chi connectivity index (χ1v) is 10.1. The molecular weight excluding hydrogens is 368 g/mol. The largest absolute Gasteiger partial charge is 0.373 e. The maximum atomic E-state index is 13.1. The Kier molecular flexibility index (Phi) is 9.07. The maximum absolute atomic E-state index is 13.1. The van der Waals surface area contributed by atoms with Crippen LogP contribution in [0.3, 0.4) is 0 Å². The number of nitrogens with zero attached hydrogens (tertiary/aromatic N) is 2. The molecule has 2 aliphatic rings. The molecule has 0 radical (unpaired) electrons. The fourth-order valence-corrected chi connectivity index (χ4v) is 5.41. The first kappa shape index (κ1) is 22.6. The van der Waals surface area contributed by atoms with E-state index < -0.39 is 10.2 Å². The topological polar surface area (TPSA) is 105 Å². The molecule has 2 aliphatic heterocycles. The highest BCUT2D eigenvalue weighted by molar-refractivity contribution is 7.86. The van der Waals surface area contributed by atoms with E-state index >= 15 is 0 Å². The van der Waals surface area contributed by atoms with Crippen molar-refractivity contribution in [1.29, 1.82) is 0 Å². The van der Waals surface area contributed by atoms with Gasteiger partial charge in [-0.2, -0.15) is 17.0 Å². The van der Waals surface area contributed by atoms with E-state index in [0.29, 0.717) is 32.7 Å². The quantitative estimate of drug-likeness (QED) is 0.659. The molecule has 0 aromatic carbocycles. The molecule has 3 unspecified atom stereocenters. The third-order valence-electron chi connectivity index (χ3n) is 4.49. The number of ether oxygens (including phenoxy) is 1. The Morgan fingerprint density at radius 1 is 1.24 bits per heavy atom. The molecule has 148 valence electrons. The average Bonchev–Trinajstić information content (AvgIpc) is 2.52. The van der Waals surface area contributed by atoms with Crippen LogP contribution in [-0.4, -0.2) is 73.9 Å². The van der Waals surface area contributed by atoms with Crippen LogP contribution in [0.2, 0.25) is 0 Å². The number of morpholine rings is 1. The van der Waals surface area contributed by atoms with Crippen molar-refractivity contribution >= 4 is 28.5 Å². The molecule has 3 N–H and O–H groups in total. The Morgan fingerprint density at radius 3 is 2.48 bits per heavy atom. The standard InChI is InChI=1S/C15H30N4O4S.ClH/c1-12-10-18(11-13(2)23-12)24(21,22)19-8-4-3-5-14(19)9-17-15(20)6-7-16;/h12-14H,3-11,16H2,1-2H3,(H,17,20);1H. The third kappa shape index (κ3) is 6.04. The van der Waals surface area contributed by atoms with Gasteiger partial charge in [-0.1, -0.05) is 6.42 Å². The van der Waals surface area contributed by atoms with Crippen molar-refractivity contribution in [2.45, 2.75) is 57.8 Å². The maximum Gasteiger partial charge on any atom is 0.282 e. The Labute approximate surface area is 157 Å². The zero-order chi connectivity index (χ0) is 17.7. The van der Waals surface area contributed by atoms with Gasteiger partial charge < -0.3 is 15.8 Å². The van der Waals surface area contributed by atoms with Gasteiger partial charge in [0.2, 0.25) is 5.91 Å². The van der Waals surface area contributed by atoms with Crippen LogP contribution in [0, 0.1) is 0 Å². The number of nitrogens with two attached hydrogens (primary N) is 1. The predicted octanol–water partition coefficient (Wildman–Crippen LogP) is 0.0817. The minimum atomic E-state index is -3.55. The second-order valence-electron chi connectivity index (χ2n) is 6.69. The lowest BCUT2D eigenvalue weighted by Crippen LogP contribution is -2.58. The van der Waals surface area contributed by atoms with Crippen LogP contribution in [0.5, 0.6) is 0 Å². The highest BCUT2D eigenvalue weighted by Crippen LogP contribution is 2.24. The van der Waals surface area contributed by atoms with Gasteiger partial charge in [0.15, 0.2) is 0 Å². The van der Waals surface area contributed by atoms with Crippen molar-refractivity contribution in [1.82, 2.24) is 13.9 Å². The second-order valence-corrected chi connectivity index (χ2v) is 8.57. The van der Waals surface area contributed by atoms with Gasteiger partial charge in [-0.3, -0.25) is 4.79 Å². The summed E-state index contributed by atoms with van der Waals surface area (Å²) in [6.07, 6.45) is 2.61. The molecule has 2 saturated heterocycles. The first-order chi connectivity index (χ1) is 11.3. The molecule has 8 nitrogen and oxygen atoms in total. The second kappa shape index (κ2) is 10.0. The molecule has 0 aliphatic carbocycles. The number of nitrogens with one attached hydrogen (secondary N) is 1.